The first-order valence-electron chi connectivity index (χ1n) is 5.70. The van der Waals surface area contributed by atoms with Gasteiger partial charge >= 0.3 is 0 Å². The van der Waals surface area contributed by atoms with Gasteiger partial charge in [-0.1, -0.05) is 36.4 Å². The number of rotatable bonds is 4. The molecule has 0 aliphatic carbocycles. The summed E-state index contributed by atoms with van der Waals surface area (Å²) in [5, 5.41) is 13.7. The van der Waals surface area contributed by atoms with Gasteiger partial charge in [-0.2, -0.15) is 0 Å². The molecule has 0 radical (unpaired) electrons. The predicted octanol–water partition coefficient (Wildman–Crippen LogP) is 2.55. The number of hydrogen-bond donors (Lipinski definition) is 2. The Morgan fingerprint density at radius 3 is 2.71 bits per heavy atom. The smallest absolute Gasteiger partial charge is 0.224 e. The molecule has 0 saturated carbocycles. The number of amides is 1. The molecule has 0 heterocycles. The van der Waals surface area contributed by atoms with E-state index >= 15 is 0 Å². The average molecular weight is 229 g/mol. The summed E-state index contributed by atoms with van der Waals surface area (Å²) in [7, 11) is 0. The van der Waals surface area contributed by atoms with Crippen LogP contribution in [-0.4, -0.2) is 17.6 Å². The number of carbonyl (C=O) groups excluding carboxylic acids is 1. The van der Waals surface area contributed by atoms with E-state index in [1.807, 2.05) is 42.5 Å². The van der Waals surface area contributed by atoms with Gasteiger partial charge in [0.1, 0.15) is 0 Å². The van der Waals surface area contributed by atoms with Gasteiger partial charge in [0, 0.05) is 24.1 Å². The molecule has 2 N–H and O–H groups in total. The van der Waals surface area contributed by atoms with E-state index in [0.717, 1.165) is 16.5 Å². The second-order valence-electron chi connectivity index (χ2n) is 3.90. The van der Waals surface area contributed by atoms with Gasteiger partial charge < -0.3 is 10.4 Å². The number of aliphatic hydroxyl groups is 1. The molecule has 2 rings (SSSR count). The van der Waals surface area contributed by atoms with Crippen molar-refractivity contribution in [3.63, 3.8) is 0 Å². The number of carbonyl (C=O) groups is 1. The third-order valence-corrected chi connectivity index (χ3v) is 2.63. The highest BCUT2D eigenvalue weighted by Gasteiger charge is 2.04. The molecule has 2 aromatic carbocycles. The minimum Gasteiger partial charge on any atom is -0.396 e. The molecule has 2 aromatic rings. The molecule has 3 heteroatoms. The molecule has 0 unspecified atom stereocenters. The summed E-state index contributed by atoms with van der Waals surface area (Å²) < 4.78 is 0. The lowest BCUT2D eigenvalue weighted by Crippen LogP contribution is -2.11. The molecule has 0 fully saturated rings. The lowest BCUT2D eigenvalue weighted by atomic mass is 10.1. The predicted molar refractivity (Wildman–Crippen MR) is 68.9 cm³/mol. The highest BCUT2D eigenvalue weighted by molar-refractivity contribution is 6.02. The molecule has 1 amide bonds. The molecular formula is C14H15NO2. The van der Waals surface area contributed by atoms with Crippen LogP contribution in [0.4, 0.5) is 5.69 Å². The Kier molecular flexibility index (Phi) is 3.73. The van der Waals surface area contributed by atoms with Crippen LogP contribution in [0.15, 0.2) is 42.5 Å². The van der Waals surface area contributed by atoms with E-state index < -0.39 is 0 Å². The van der Waals surface area contributed by atoms with Crippen LogP contribution in [0.1, 0.15) is 12.8 Å². The van der Waals surface area contributed by atoms with Crippen LogP contribution >= 0.6 is 0 Å². The van der Waals surface area contributed by atoms with Gasteiger partial charge in [0.15, 0.2) is 0 Å². The fourth-order valence-corrected chi connectivity index (χ4v) is 1.79. The molecule has 0 saturated heterocycles. The third-order valence-electron chi connectivity index (χ3n) is 2.63. The van der Waals surface area contributed by atoms with Crippen molar-refractivity contribution in [2.75, 3.05) is 11.9 Å². The van der Waals surface area contributed by atoms with Crippen molar-refractivity contribution < 1.29 is 9.90 Å². The van der Waals surface area contributed by atoms with Crippen LogP contribution in [0.2, 0.25) is 0 Å². The maximum absolute atomic E-state index is 11.6. The van der Waals surface area contributed by atoms with E-state index in [2.05, 4.69) is 5.32 Å². The van der Waals surface area contributed by atoms with Gasteiger partial charge in [-0.25, -0.2) is 0 Å². The second kappa shape index (κ2) is 5.46. The first-order valence-corrected chi connectivity index (χ1v) is 5.70. The first-order chi connectivity index (χ1) is 8.31. The number of nitrogens with one attached hydrogen (secondary N) is 1. The molecule has 0 aliphatic rings. The molecule has 17 heavy (non-hydrogen) atoms. The van der Waals surface area contributed by atoms with Gasteiger partial charge in [-0.15, -0.1) is 0 Å². The van der Waals surface area contributed by atoms with Crippen LogP contribution in [-0.2, 0) is 4.79 Å². The Labute approximate surface area is 100 Å². The zero-order valence-corrected chi connectivity index (χ0v) is 9.52. The van der Waals surface area contributed by atoms with Crippen molar-refractivity contribution in [1.82, 2.24) is 0 Å². The van der Waals surface area contributed by atoms with Crippen molar-refractivity contribution in [3.8, 4) is 0 Å². The summed E-state index contributed by atoms with van der Waals surface area (Å²) >= 11 is 0. The topological polar surface area (TPSA) is 49.3 Å². The quantitative estimate of drug-likeness (QED) is 0.846. The van der Waals surface area contributed by atoms with Crippen molar-refractivity contribution in [2.24, 2.45) is 0 Å². The Hall–Kier alpha value is -1.87. The zero-order chi connectivity index (χ0) is 12.1. The van der Waals surface area contributed by atoms with Crippen molar-refractivity contribution >= 4 is 22.4 Å². The lowest BCUT2D eigenvalue weighted by Gasteiger charge is -2.08. The molecule has 0 spiro atoms. The monoisotopic (exact) mass is 229 g/mol. The summed E-state index contributed by atoms with van der Waals surface area (Å²) in [6.45, 7) is 0.0446. The Morgan fingerprint density at radius 2 is 1.88 bits per heavy atom. The molecule has 3 nitrogen and oxygen atoms in total. The van der Waals surface area contributed by atoms with E-state index in [1.165, 1.54) is 0 Å². The Balaban J connectivity index is 2.21. The maximum atomic E-state index is 11.6. The number of aliphatic hydroxyl groups excluding tert-OH is 1. The van der Waals surface area contributed by atoms with Gasteiger partial charge in [-0.3, -0.25) is 4.79 Å². The number of hydrogen-bond acceptors (Lipinski definition) is 2. The number of fused-ring (bicyclic) bond motifs is 1. The van der Waals surface area contributed by atoms with Crippen LogP contribution < -0.4 is 5.32 Å². The molecule has 0 aliphatic heterocycles. The van der Waals surface area contributed by atoms with Crippen LogP contribution in [0, 0.1) is 0 Å². The van der Waals surface area contributed by atoms with E-state index in [0.29, 0.717) is 12.8 Å². The molecular weight excluding hydrogens is 214 g/mol. The lowest BCUT2D eigenvalue weighted by molar-refractivity contribution is -0.116. The standard InChI is InChI=1S/C14H15NO2/c16-10-4-9-14(17)15-13-8-3-6-11-5-1-2-7-12(11)13/h1-3,5-8,16H,4,9-10H2,(H,15,17). The van der Waals surface area contributed by atoms with Crippen molar-refractivity contribution in [2.45, 2.75) is 12.8 Å². The van der Waals surface area contributed by atoms with Crippen molar-refractivity contribution in [3.05, 3.63) is 42.5 Å². The van der Waals surface area contributed by atoms with Crippen molar-refractivity contribution in [1.29, 1.82) is 0 Å². The van der Waals surface area contributed by atoms with Crippen LogP contribution in [0.25, 0.3) is 10.8 Å². The minimum absolute atomic E-state index is 0.0446. The summed E-state index contributed by atoms with van der Waals surface area (Å²) in [6.07, 6.45) is 0.844. The van der Waals surface area contributed by atoms with E-state index in [4.69, 9.17) is 5.11 Å². The fraction of sp³-hybridized carbons (Fsp3) is 0.214. The van der Waals surface area contributed by atoms with E-state index in [1.54, 1.807) is 0 Å². The summed E-state index contributed by atoms with van der Waals surface area (Å²) in [5.41, 5.74) is 0.825. The van der Waals surface area contributed by atoms with Crippen LogP contribution in [0.3, 0.4) is 0 Å². The van der Waals surface area contributed by atoms with Gasteiger partial charge in [-0.05, 0) is 17.9 Å². The fourth-order valence-electron chi connectivity index (χ4n) is 1.79. The molecule has 88 valence electrons. The Morgan fingerprint density at radius 1 is 1.12 bits per heavy atom. The first kappa shape index (κ1) is 11.6. The second-order valence-corrected chi connectivity index (χ2v) is 3.90. The Bertz CT molecular complexity index is 517. The zero-order valence-electron chi connectivity index (χ0n) is 9.52. The largest absolute Gasteiger partial charge is 0.396 e. The molecule has 0 aromatic heterocycles. The summed E-state index contributed by atoms with van der Waals surface area (Å²) in [6, 6.07) is 13.7. The van der Waals surface area contributed by atoms with Gasteiger partial charge in [0.25, 0.3) is 0 Å². The third kappa shape index (κ3) is 2.82. The number of benzene rings is 2. The van der Waals surface area contributed by atoms with Gasteiger partial charge in [0.05, 0.1) is 0 Å². The maximum Gasteiger partial charge on any atom is 0.224 e. The number of anilines is 1. The van der Waals surface area contributed by atoms with Crippen LogP contribution in [0.5, 0.6) is 0 Å². The van der Waals surface area contributed by atoms with E-state index in [9.17, 15) is 4.79 Å². The highest BCUT2D eigenvalue weighted by atomic mass is 16.3. The summed E-state index contributed by atoms with van der Waals surface area (Å²) in [4.78, 5) is 11.6. The molecule has 0 atom stereocenters. The molecule has 0 bridgehead atoms. The normalized spacial score (nSPS) is 10.4. The SMILES string of the molecule is O=C(CCCO)Nc1cccc2ccccc12. The van der Waals surface area contributed by atoms with E-state index in [-0.39, 0.29) is 12.5 Å². The summed E-state index contributed by atoms with van der Waals surface area (Å²) in [5.74, 6) is -0.0598. The van der Waals surface area contributed by atoms with Gasteiger partial charge in [0.2, 0.25) is 5.91 Å². The highest BCUT2D eigenvalue weighted by Crippen LogP contribution is 2.22. The minimum atomic E-state index is -0.0598. The average Bonchev–Trinajstić information content (AvgIpc) is 2.37.